The summed E-state index contributed by atoms with van der Waals surface area (Å²) in [6.07, 6.45) is 0. The van der Waals surface area contributed by atoms with Gasteiger partial charge in [0.2, 0.25) is 0 Å². The number of anilines is 1. The van der Waals surface area contributed by atoms with Gasteiger partial charge in [-0.05, 0) is 23.8 Å². The normalized spacial score (nSPS) is 9.95. The van der Waals surface area contributed by atoms with E-state index >= 15 is 0 Å². The Bertz CT molecular complexity index is 610. The van der Waals surface area contributed by atoms with Gasteiger partial charge in [0.15, 0.2) is 5.84 Å². The van der Waals surface area contributed by atoms with Gasteiger partial charge in [-0.25, -0.2) is 5.53 Å². The van der Waals surface area contributed by atoms with Crippen LogP contribution < -0.4 is 5.32 Å². The summed E-state index contributed by atoms with van der Waals surface area (Å²) in [4.78, 5) is 0. The molecule has 2 aromatic rings. The number of rotatable bonds is 4. The molecular formula is C14H13ClN4. The number of benzene rings is 2. The molecule has 3 N–H and O–H groups in total. The minimum Gasteiger partial charge on any atom is -0.381 e. The molecule has 0 amide bonds. The molecule has 0 spiro atoms. The van der Waals surface area contributed by atoms with Crippen LogP contribution in [0.5, 0.6) is 0 Å². The molecule has 0 saturated carbocycles. The fourth-order valence-electron chi connectivity index (χ4n) is 1.68. The first-order chi connectivity index (χ1) is 9.20. The lowest BCUT2D eigenvalue weighted by Gasteiger charge is -2.09. The van der Waals surface area contributed by atoms with Crippen molar-refractivity contribution in [1.29, 1.82) is 10.9 Å². The summed E-state index contributed by atoms with van der Waals surface area (Å²) in [5, 5.41) is 14.6. The van der Waals surface area contributed by atoms with Crippen LogP contribution >= 0.6 is 11.6 Å². The van der Waals surface area contributed by atoms with E-state index < -0.39 is 0 Å². The lowest BCUT2D eigenvalue weighted by atomic mass is 10.1. The van der Waals surface area contributed by atoms with E-state index in [2.05, 4.69) is 10.4 Å². The Labute approximate surface area is 116 Å². The standard InChI is InChI=1S/C14H13ClN4/c15-13-7-2-1-4-11(13)9-18-12-6-3-5-10(8-12)14(16)19-17/h1-8,16-18H,9H2. The fraction of sp³-hybridized carbons (Fsp3) is 0.0714. The highest BCUT2D eigenvalue weighted by Gasteiger charge is 2.02. The maximum atomic E-state index is 7.50. The molecule has 4 nitrogen and oxygen atoms in total. The predicted molar refractivity (Wildman–Crippen MR) is 77.2 cm³/mol. The summed E-state index contributed by atoms with van der Waals surface area (Å²) < 4.78 is 0. The average molecular weight is 273 g/mol. The van der Waals surface area contributed by atoms with Crippen molar-refractivity contribution in [2.45, 2.75) is 6.54 Å². The molecule has 19 heavy (non-hydrogen) atoms. The number of nitrogens with one attached hydrogen (secondary N) is 3. The third kappa shape index (κ3) is 3.39. The molecule has 2 rings (SSSR count). The van der Waals surface area contributed by atoms with Gasteiger partial charge in [0.1, 0.15) is 0 Å². The van der Waals surface area contributed by atoms with Gasteiger partial charge in [0.25, 0.3) is 0 Å². The second-order valence-electron chi connectivity index (χ2n) is 3.99. The Balaban J connectivity index is 2.10. The molecule has 2 aromatic carbocycles. The molecule has 5 heteroatoms. The van der Waals surface area contributed by atoms with Gasteiger partial charge in [-0.3, -0.25) is 5.41 Å². The molecule has 0 radical (unpaired) electrons. The van der Waals surface area contributed by atoms with Crippen molar-refractivity contribution in [2.75, 3.05) is 5.32 Å². The van der Waals surface area contributed by atoms with Crippen LogP contribution in [0, 0.1) is 10.9 Å². The van der Waals surface area contributed by atoms with Crippen LogP contribution in [-0.4, -0.2) is 5.84 Å². The molecule has 0 saturated heterocycles. The van der Waals surface area contributed by atoms with E-state index in [1.807, 2.05) is 36.4 Å². The molecule has 0 aliphatic rings. The van der Waals surface area contributed by atoms with Crippen LogP contribution in [-0.2, 0) is 6.54 Å². The van der Waals surface area contributed by atoms with Crippen molar-refractivity contribution in [3.05, 3.63) is 64.7 Å². The van der Waals surface area contributed by atoms with Crippen LogP contribution in [0.2, 0.25) is 5.02 Å². The van der Waals surface area contributed by atoms with Crippen LogP contribution in [0.15, 0.2) is 53.6 Å². The summed E-state index contributed by atoms with van der Waals surface area (Å²) in [5.74, 6) is -0.0543. The second kappa shape index (κ2) is 6.11. The Hall–Kier alpha value is -2.20. The van der Waals surface area contributed by atoms with Crippen molar-refractivity contribution in [2.24, 2.45) is 5.11 Å². The summed E-state index contributed by atoms with van der Waals surface area (Å²) >= 11 is 6.08. The van der Waals surface area contributed by atoms with Crippen LogP contribution in [0.3, 0.4) is 0 Å². The second-order valence-corrected chi connectivity index (χ2v) is 4.39. The summed E-state index contributed by atoms with van der Waals surface area (Å²) in [5.41, 5.74) is 9.33. The maximum absolute atomic E-state index is 7.50. The monoisotopic (exact) mass is 272 g/mol. The van der Waals surface area contributed by atoms with Gasteiger partial charge in [0.05, 0.1) is 0 Å². The smallest absolute Gasteiger partial charge is 0.173 e. The third-order valence-corrected chi connectivity index (χ3v) is 3.06. The summed E-state index contributed by atoms with van der Waals surface area (Å²) in [7, 11) is 0. The van der Waals surface area contributed by atoms with Gasteiger partial charge >= 0.3 is 0 Å². The quantitative estimate of drug-likeness (QED) is 0.433. The van der Waals surface area contributed by atoms with Crippen LogP contribution in [0.25, 0.3) is 0 Å². The van der Waals surface area contributed by atoms with E-state index in [0.29, 0.717) is 12.1 Å². The molecule has 96 valence electrons. The fourth-order valence-corrected chi connectivity index (χ4v) is 1.88. The number of halogens is 1. The number of hydrogen-bond donors (Lipinski definition) is 3. The molecular weight excluding hydrogens is 260 g/mol. The molecule has 0 atom stereocenters. The average Bonchev–Trinajstić information content (AvgIpc) is 2.46. The first kappa shape index (κ1) is 13.2. The van der Waals surface area contributed by atoms with Gasteiger partial charge in [-0.1, -0.05) is 41.9 Å². The third-order valence-electron chi connectivity index (χ3n) is 2.69. The van der Waals surface area contributed by atoms with E-state index in [1.54, 1.807) is 12.1 Å². The van der Waals surface area contributed by atoms with E-state index in [1.165, 1.54) is 0 Å². The lowest BCUT2D eigenvalue weighted by molar-refractivity contribution is 1.14. The molecule has 0 aliphatic carbocycles. The van der Waals surface area contributed by atoms with Gasteiger partial charge < -0.3 is 5.32 Å². The minimum absolute atomic E-state index is 0.0543. The number of nitrogens with zero attached hydrogens (tertiary/aromatic N) is 1. The highest BCUT2D eigenvalue weighted by molar-refractivity contribution is 6.31. The summed E-state index contributed by atoms with van der Waals surface area (Å²) in [6, 6.07) is 14.9. The first-order valence-electron chi connectivity index (χ1n) is 5.74. The Morgan fingerprint density at radius 2 is 1.95 bits per heavy atom. The number of hydrogen-bond acceptors (Lipinski definition) is 3. The Morgan fingerprint density at radius 1 is 1.16 bits per heavy atom. The van der Waals surface area contributed by atoms with E-state index in [9.17, 15) is 0 Å². The highest BCUT2D eigenvalue weighted by atomic mass is 35.5. The molecule has 0 fully saturated rings. The van der Waals surface area contributed by atoms with Crippen molar-refractivity contribution in [3.63, 3.8) is 0 Å². The predicted octanol–water partition coefficient (Wildman–Crippen LogP) is 4.31. The Morgan fingerprint density at radius 3 is 2.68 bits per heavy atom. The van der Waals surface area contributed by atoms with Crippen molar-refractivity contribution in [3.8, 4) is 0 Å². The van der Waals surface area contributed by atoms with E-state index in [0.717, 1.165) is 16.3 Å². The molecule has 0 bridgehead atoms. The topological polar surface area (TPSA) is 72.1 Å². The molecule has 0 heterocycles. The van der Waals surface area contributed by atoms with Gasteiger partial charge in [-0.15, -0.1) is 5.11 Å². The molecule has 0 aliphatic heterocycles. The van der Waals surface area contributed by atoms with Crippen molar-refractivity contribution < 1.29 is 0 Å². The van der Waals surface area contributed by atoms with Crippen molar-refractivity contribution >= 4 is 23.1 Å². The van der Waals surface area contributed by atoms with Crippen molar-refractivity contribution in [1.82, 2.24) is 0 Å². The highest BCUT2D eigenvalue weighted by Crippen LogP contribution is 2.18. The zero-order valence-electron chi connectivity index (χ0n) is 10.2. The van der Waals surface area contributed by atoms with Gasteiger partial charge in [0, 0.05) is 22.8 Å². The maximum Gasteiger partial charge on any atom is 0.173 e. The first-order valence-corrected chi connectivity index (χ1v) is 6.12. The zero-order chi connectivity index (χ0) is 13.7. The zero-order valence-corrected chi connectivity index (χ0v) is 10.9. The van der Waals surface area contributed by atoms with Crippen LogP contribution in [0.1, 0.15) is 11.1 Å². The SMILES string of the molecule is N=NC(=N)c1cccc(NCc2ccccc2Cl)c1. The molecule has 0 unspecified atom stereocenters. The molecule has 0 aromatic heterocycles. The lowest BCUT2D eigenvalue weighted by Crippen LogP contribution is -2.01. The summed E-state index contributed by atoms with van der Waals surface area (Å²) in [6.45, 7) is 0.606. The minimum atomic E-state index is -0.0543. The van der Waals surface area contributed by atoms with Crippen LogP contribution in [0.4, 0.5) is 5.69 Å². The Kier molecular flexibility index (Phi) is 4.26. The van der Waals surface area contributed by atoms with E-state index in [-0.39, 0.29) is 5.84 Å². The largest absolute Gasteiger partial charge is 0.381 e. The van der Waals surface area contributed by atoms with E-state index in [4.69, 9.17) is 22.5 Å². The number of amidine groups is 1. The van der Waals surface area contributed by atoms with Gasteiger partial charge in [-0.2, -0.15) is 0 Å².